The van der Waals surface area contributed by atoms with Crippen LogP contribution in [-0.4, -0.2) is 16.1 Å². The van der Waals surface area contributed by atoms with Crippen LogP contribution in [0.2, 0.25) is 0 Å². The van der Waals surface area contributed by atoms with E-state index in [1.807, 2.05) is 45.0 Å². The van der Waals surface area contributed by atoms with Crippen LogP contribution in [0.3, 0.4) is 0 Å². The first kappa shape index (κ1) is 21.9. The molecule has 1 aromatic carbocycles. The molecule has 1 unspecified atom stereocenters. The minimum Gasteiger partial charge on any atom is -0.464 e. The van der Waals surface area contributed by atoms with E-state index in [1.54, 1.807) is 12.1 Å². The number of nitrogens with zero attached hydrogens (tertiary/aromatic N) is 3. The summed E-state index contributed by atoms with van der Waals surface area (Å²) in [5.41, 5.74) is 9.24. The topological polar surface area (TPSA) is 129 Å². The number of carbonyl (C=O) groups excluding carboxylic acids is 1. The Balaban J connectivity index is 2.00. The van der Waals surface area contributed by atoms with Crippen molar-refractivity contribution in [2.24, 2.45) is 0 Å². The maximum atomic E-state index is 13.0. The largest absolute Gasteiger partial charge is 0.464 e. The maximum Gasteiger partial charge on any atom is 0.237 e. The highest BCUT2D eigenvalue weighted by atomic mass is 32.2. The fourth-order valence-electron chi connectivity index (χ4n) is 3.22. The quantitative estimate of drug-likeness (QED) is 0.537. The Morgan fingerprint density at radius 3 is 2.42 bits per heavy atom. The monoisotopic (exact) mass is 431 g/mol. The number of anilines is 2. The van der Waals surface area contributed by atoms with Crippen molar-refractivity contribution in [2.75, 3.05) is 11.1 Å². The van der Waals surface area contributed by atoms with Crippen molar-refractivity contribution in [1.82, 2.24) is 4.98 Å². The van der Waals surface area contributed by atoms with Gasteiger partial charge in [0, 0.05) is 5.69 Å². The van der Waals surface area contributed by atoms with Crippen LogP contribution >= 0.6 is 11.8 Å². The SMILES string of the molecule is CCC(Sc1nc(N)c(C#N)c(-c2ccco2)c1C#N)C(=O)Nc1c(C)cccc1C. The number of amides is 1. The van der Waals surface area contributed by atoms with E-state index in [0.717, 1.165) is 28.6 Å². The van der Waals surface area contributed by atoms with Crippen molar-refractivity contribution >= 4 is 29.2 Å². The molecule has 3 rings (SSSR count). The molecule has 1 amide bonds. The molecule has 2 heterocycles. The number of para-hydroxylation sites is 1. The Morgan fingerprint density at radius 1 is 1.19 bits per heavy atom. The van der Waals surface area contributed by atoms with Gasteiger partial charge in [-0.05, 0) is 43.5 Å². The first-order valence-corrected chi connectivity index (χ1v) is 10.5. The van der Waals surface area contributed by atoms with E-state index >= 15 is 0 Å². The summed E-state index contributed by atoms with van der Waals surface area (Å²) in [7, 11) is 0. The third-order valence-corrected chi connectivity index (χ3v) is 6.18. The normalized spacial score (nSPS) is 11.4. The summed E-state index contributed by atoms with van der Waals surface area (Å²) in [6, 6.07) is 13.2. The lowest BCUT2D eigenvalue weighted by atomic mass is 10.0. The number of benzene rings is 1. The standard InChI is InChI=1S/C23H21N5O2S/c1-4-18(22(29)27-20-13(2)7-5-8-14(20)3)31-23-16(12-25)19(17-9-6-10-30-17)15(11-24)21(26)28-23/h5-10,18H,4H2,1-3H3,(H2,26,28)(H,27,29). The first-order valence-electron chi connectivity index (χ1n) is 9.62. The summed E-state index contributed by atoms with van der Waals surface area (Å²) in [4.78, 5) is 17.3. The van der Waals surface area contributed by atoms with Crippen molar-refractivity contribution < 1.29 is 9.21 Å². The Hall–Kier alpha value is -3.75. The number of nitrogen functional groups attached to an aromatic ring is 1. The molecule has 3 N–H and O–H groups in total. The number of nitrogens with one attached hydrogen (secondary N) is 1. The van der Waals surface area contributed by atoms with E-state index in [-0.39, 0.29) is 33.4 Å². The number of nitrogens with two attached hydrogens (primary N) is 1. The number of furan rings is 1. The molecule has 0 aliphatic rings. The van der Waals surface area contributed by atoms with Crippen LogP contribution in [0.1, 0.15) is 35.6 Å². The lowest BCUT2D eigenvalue weighted by Crippen LogP contribution is -2.25. The predicted octanol–water partition coefficient (Wildman–Crippen LogP) is 4.79. The van der Waals surface area contributed by atoms with E-state index in [0.29, 0.717) is 12.2 Å². The molecule has 31 heavy (non-hydrogen) atoms. The number of thioether (sulfide) groups is 1. The zero-order valence-corrected chi connectivity index (χ0v) is 18.2. The van der Waals surface area contributed by atoms with Crippen molar-refractivity contribution in [2.45, 2.75) is 37.5 Å². The number of rotatable bonds is 6. The van der Waals surface area contributed by atoms with E-state index in [1.165, 1.54) is 6.26 Å². The average Bonchev–Trinajstić information content (AvgIpc) is 3.28. The number of hydrogen-bond donors (Lipinski definition) is 2. The van der Waals surface area contributed by atoms with Gasteiger partial charge in [0.2, 0.25) is 5.91 Å². The number of aromatic nitrogens is 1. The smallest absolute Gasteiger partial charge is 0.237 e. The van der Waals surface area contributed by atoms with Gasteiger partial charge in [0.1, 0.15) is 34.3 Å². The van der Waals surface area contributed by atoms with Crippen LogP contribution in [0.15, 0.2) is 46.0 Å². The molecule has 0 spiro atoms. The zero-order valence-electron chi connectivity index (χ0n) is 17.4. The molecule has 2 aromatic heterocycles. The van der Waals surface area contributed by atoms with Crippen molar-refractivity contribution in [3.63, 3.8) is 0 Å². The van der Waals surface area contributed by atoms with Gasteiger partial charge >= 0.3 is 0 Å². The second kappa shape index (κ2) is 9.38. The number of pyridine rings is 1. The van der Waals surface area contributed by atoms with Gasteiger partial charge < -0.3 is 15.5 Å². The van der Waals surface area contributed by atoms with E-state index in [2.05, 4.69) is 16.4 Å². The van der Waals surface area contributed by atoms with Gasteiger partial charge in [-0.3, -0.25) is 4.79 Å². The lowest BCUT2D eigenvalue weighted by Gasteiger charge is -2.18. The lowest BCUT2D eigenvalue weighted by molar-refractivity contribution is -0.115. The van der Waals surface area contributed by atoms with Crippen LogP contribution in [0.4, 0.5) is 11.5 Å². The summed E-state index contributed by atoms with van der Waals surface area (Å²) in [6.07, 6.45) is 1.96. The van der Waals surface area contributed by atoms with Gasteiger partial charge in [-0.2, -0.15) is 10.5 Å². The fourth-order valence-corrected chi connectivity index (χ4v) is 4.24. The highest BCUT2D eigenvalue weighted by Crippen LogP contribution is 2.38. The van der Waals surface area contributed by atoms with Gasteiger partial charge in [0.15, 0.2) is 0 Å². The molecule has 0 saturated heterocycles. The third-order valence-electron chi connectivity index (χ3n) is 4.83. The minimum atomic E-state index is -0.518. The van der Waals surface area contributed by atoms with Crippen molar-refractivity contribution in [3.05, 3.63) is 58.8 Å². The summed E-state index contributed by atoms with van der Waals surface area (Å²) in [6.45, 7) is 5.75. The minimum absolute atomic E-state index is 0.0135. The van der Waals surface area contributed by atoms with Crippen LogP contribution < -0.4 is 11.1 Å². The summed E-state index contributed by atoms with van der Waals surface area (Å²) >= 11 is 1.15. The molecule has 156 valence electrons. The molecule has 0 aliphatic heterocycles. The molecule has 7 nitrogen and oxygen atoms in total. The molecule has 0 saturated carbocycles. The highest BCUT2D eigenvalue weighted by Gasteiger charge is 2.26. The number of carbonyl (C=O) groups is 1. The molecule has 0 aliphatic carbocycles. The van der Waals surface area contributed by atoms with Gasteiger partial charge in [-0.15, -0.1) is 0 Å². The van der Waals surface area contributed by atoms with E-state index in [4.69, 9.17) is 10.2 Å². The van der Waals surface area contributed by atoms with Gasteiger partial charge in [-0.25, -0.2) is 4.98 Å². The Bertz CT molecular complexity index is 1190. The molecule has 3 aromatic rings. The molecule has 1 atom stereocenters. The third kappa shape index (κ3) is 4.40. The van der Waals surface area contributed by atoms with E-state index < -0.39 is 5.25 Å². The second-order valence-electron chi connectivity index (χ2n) is 6.90. The van der Waals surface area contributed by atoms with Crippen molar-refractivity contribution in [3.8, 4) is 23.5 Å². The molecule has 0 radical (unpaired) electrons. The number of aryl methyl sites for hydroxylation is 2. The van der Waals surface area contributed by atoms with Crippen LogP contribution in [0.5, 0.6) is 0 Å². The molecular formula is C23H21N5O2S. The van der Waals surface area contributed by atoms with Crippen LogP contribution in [0, 0.1) is 36.5 Å². The number of hydrogen-bond acceptors (Lipinski definition) is 7. The van der Waals surface area contributed by atoms with Gasteiger partial charge in [0.05, 0.1) is 22.6 Å². The summed E-state index contributed by atoms with van der Waals surface area (Å²) < 4.78 is 5.42. The molecule has 8 heteroatoms. The fraction of sp³-hybridized carbons (Fsp3) is 0.217. The summed E-state index contributed by atoms with van der Waals surface area (Å²) in [5, 5.41) is 22.2. The van der Waals surface area contributed by atoms with Crippen LogP contribution in [-0.2, 0) is 4.79 Å². The maximum absolute atomic E-state index is 13.0. The molecule has 0 fully saturated rings. The average molecular weight is 432 g/mol. The Labute approximate surface area is 184 Å². The summed E-state index contributed by atoms with van der Waals surface area (Å²) in [5.74, 6) is 0.135. The van der Waals surface area contributed by atoms with E-state index in [9.17, 15) is 15.3 Å². The Morgan fingerprint density at radius 2 is 1.87 bits per heavy atom. The second-order valence-corrected chi connectivity index (χ2v) is 8.09. The number of nitriles is 2. The highest BCUT2D eigenvalue weighted by molar-refractivity contribution is 8.00. The predicted molar refractivity (Wildman–Crippen MR) is 120 cm³/mol. The molecule has 0 bridgehead atoms. The van der Waals surface area contributed by atoms with Crippen molar-refractivity contribution in [1.29, 1.82) is 10.5 Å². The van der Waals surface area contributed by atoms with Gasteiger partial charge in [-0.1, -0.05) is 36.9 Å². The van der Waals surface area contributed by atoms with Crippen LogP contribution in [0.25, 0.3) is 11.3 Å². The first-order chi connectivity index (χ1) is 14.9. The Kier molecular flexibility index (Phi) is 6.64. The van der Waals surface area contributed by atoms with Gasteiger partial charge in [0.25, 0.3) is 0 Å². The zero-order chi connectivity index (χ0) is 22.5. The molecular weight excluding hydrogens is 410 g/mol.